The zero-order valence-electron chi connectivity index (χ0n) is 5.07. The van der Waals surface area contributed by atoms with Gasteiger partial charge in [-0.3, -0.25) is 0 Å². The van der Waals surface area contributed by atoms with Gasteiger partial charge in [-0.25, -0.2) is 0 Å². The molecule has 2 N–H and O–H groups in total. The molecule has 48 valence electrons. The second-order valence-corrected chi connectivity index (χ2v) is 1.86. The summed E-state index contributed by atoms with van der Waals surface area (Å²) in [6.45, 7) is 3.41. The Kier molecular flexibility index (Phi) is 3.19. The van der Waals surface area contributed by atoms with Gasteiger partial charge in [-0.1, -0.05) is 6.92 Å². The van der Waals surface area contributed by atoms with E-state index in [0.29, 0.717) is 0 Å². The van der Waals surface area contributed by atoms with Crippen LogP contribution in [0.15, 0.2) is 5.16 Å². The first kappa shape index (κ1) is 7.43. The van der Waals surface area contributed by atoms with Crippen LogP contribution in [0.4, 0.5) is 0 Å². The van der Waals surface area contributed by atoms with Crippen molar-refractivity contribution in [3.8, 4) is 0 Å². The summed E-state index contributed by atoms with van der Waals surface area (Å²) in [4.78, 5) is 0. The highest BCUT2D eigenvalue weighted by Gasteiger charge is 2.03. The smallest absolute Gasteiger partial charge is 0.0588 e. The van der Waals surface area contributed by atoms with Crippen molar-refractivity contribution in [2.75, 3.05) is 0 Å². The lowest BCUT2D eigenvalue weighted by molar-refractivity contribution is 0.165. The van der Waals surface area contributed by atoms with Crippen LogP contribution in [-0.2, 0) is 0 Å². The number of aliphatic hydroxyl groups excluding tert-OH is 1. The average Bonchev–Trinajstić information content (AvgIpc) is 1.67. The van der Waals surface area contributed by atoms with Crippen LogP contribution >= 0.6 is 0 Å². The maximum atomic E-state index is 8.75. The maximum absolute atomic E-state index is 8.75. The fourth-order valence-corrected chi connectivity index (χ4v) is 0.230. The Morgan fingerprint density at radius 1 is 1.50 bits per heavy atom. The van der Waals surface area contributed by atoms with Gasteiger partial charge in [0.05, 0.1) is 6.10 Å². The molecule has 0 saturated heterocycles. The van der Waals surface area contributed by atoms with E-state index in [1.807, 2.05) is 0 Å². The van der Waals surface area contributed by atoms with Crippen molar-refractivity contribution in [1.29, 1.82) is 0 Å². The van der Waals surface area contributed by atoms with Crippen LogP contribution in [0.3, 0.4) is 0 Å². The van der Waals surface area contributed by atoms with Crippen molar-refractivity contribution in [3.63, 3.8) is 0 Å². The van der Waals surface area contributed by atoms with Crippen molar-refractivity contribution >= 4 is 6.21 Å². The van der Waals surface area contributed by atoms with Gasteiger partial charge in [-0.05, 0) is 6.92 Å². The molecule has 0 heterocycles. The van der Waals surface area contributed by atoms with Gasteiger partial charge in [0.2, 0.25) is 0 Å². The third-order valence-electron chi connectivity index (χ3n) is 1.06. The number of aliphatic hydroxyl groups is 1. The summed E-state index contributed by atoms with van der Waals surface area (Å²) >= 11 is 0. The third-order valence-corrected chi connectivity index (χ3v) is 1.06. The highest BCUT2D eigenvalue weighted by Crippen LogP contribution is 1.96. The van der Waals surface area contributed by atoms with Crippen LogP contribution in [0.1, 0.15) is 13.8 Å². The SMILES string of the molecule is CC(O)C(C)/C=N/O. The first-order valence-electron chi connectivity index (χ1n) is 2.54. The number of hydrogen-bond donors (Lipinski definition) is 2. The van der Waals surface area contributed by atoms with Crippen molar-refractivity contribution in [2.45, 2.75) is 20.0 Å². The fourth-order valence-electron chi connectivity index (χ4n) is 0.230. The fraction of sp³-hybridized carbons (Fsp3) is 0.800. The first-order valence-corrected chi connectivity index (χ1v) is 2.54. The number of nitrogens with zero attached hydrogens (tertiary/aromatic N) is 1. The number of oxime groups is 1. The Hall–Kier alpha value is -0.570. The van der Waals surface area contributed by atoms with Crippen molar-refractivity contribution < 1.29 is 10.3 Å². The maximum Gasteiger partial charge on any atom is 0.0588 e. The van der Waals surface area contributed by atoms with Crippen LogP contribution in [0, 0.1) is 5.92 Å². The zero-order chi connectivity index (χ0) is 6.57. The molecule has 0 rings (SSSR count). The average molecular weight is 117 g/mol. The molecule has 0 aromatic carbocycles. The highest BCUT2D eigenvalue weighted by atomic mass is 16.4. The Morgan fingerprint density at radius 2 is 2.00 bits per heavy atom. The van der Waals surface area contributed by atoms with E-state index in [0.717, 1.165) is 0 Å². The second-order valence-electron chi connectivity index (χ2n) is 1.86. The Balaban J connectivity index is 3.47. The van der Waals surface area contributed by atoms with Gasteiger partial charge in [-0.15, -0.1) is 5.16 Å². The van der Waals surface area contributed by atoms with Crippen molar-refractivity contribution in [1.82, 2.24) is 0 Å². The third kappa shape index (κ3) is 2.58. The minimum absolute atomic E-state index is 0.0694. The molecule has 0 aromatic rings. The highest BCUT2D eigenvalue weighted by molar-refractivity contribution is 5.59. The van der Waals surface area contributed by atoms with E-state index in [4.69, 9.17) is 10.3 Å². The molecule has 3 heteroatoms. The Labute approximate surface area is 48.6 Å². The minimum atomic E-state index is -0.439. The van der Waals surface area contributed by atoms with Crippen molar-refractivity contribution in [3.05, 3.63) is 0 Å². The monoisotopic (exact) mass is 117 g/mol. The second kappa shape index (κ2) is 3.43. The molecule has 0 bridgehead atoms. The molecule has 2 unspecified atom stereocenters. The quantitative estimate of drug-likeness (QED) is 0.313. The molecule has 0 spiro atoms. The van der Waals surface area contributed by atoms with Gasteiger partial charge < -0.3 is 10.3 Å². The van der Waals surface area contributed by atoms with Gasteiger partial charge in [0.25, 0.3) is 0 Å². The largest absolute Gasteiger partial charge is 0.411 e. The molecule has 0 radical (unpaired) electrons. The molecule has 8 heavy (non-hydrogen) atoms. The Morgan fingerprint density at radius 3 is 2.12 bits per heavy atom. The summed E-state index contributed by atoms with van der Waals surface area (Å²) in [5, 5.41) is 19.5. The molecule has 0 fully saturated rings. The molecule has 0 saturated carbocycles. The van der Waals surface area contributed by atoms with E-state index in [1.165, 1.54) is 6.21 Å². The molecule has 3 nitrogen and oxygen atoms in total. The summed E-state index contributed by atoms with van der Waals surface area (Å²) in [6.07, 6.45) is 0.857. The lowest BCUT2D eigenvalue weighted by atomic mass is 10.1. The number of rotatable bonds is 2. The molecule has 0 aliphatic heterocycles. The van der Waals surface area contributed by atoms with E-state index in [9.17, 15) is 0 Å². The van der Waals surface area contributed by atoms with Gasteiger partial charge >= 0.3 is 0 Å². The predicted molar refractivity (Wildman–Crippen MR) is 31.1 cm³/mol. The summed E-state index contributed by atoms with van der Waals surface area (Å²) in [7, 11) is 0. The van der Waals surface area contributed by atoms with E-state index < -0.39 is 6.10 Å². The topological polar surface area (TPSA) is 52.8 Å². The van der Waals surface area contributed by atoms with Crippen LogP contribution in [0.2, 0.25) is 0 Å². The normalized spacial score (nSPS) is 18.9. The van der Waals surface area contributed by atoms with Crippen LogP contribution in [-0.4, -0.2) is 22.6 Å². The summed E-state index contributed by atoms with van der Waals surface area (Å²) in [6, 6.07) is 0. The van der Waals surface area contributed by atoms with Gasteiger partial charge in [0.1, 0.15) is 0 Å². The summed E-state index contributed by atoms with van der Waals surface area (Å²) < 4.78 is 0. The molecular weight excluding hydrogens is 106 g/mol. The summed E-state index contributed by atoms with van der Waals surface area (Å²) in [5.74, 6) is -0.0694. The Bertz CT molecular complexity index is 80.5. The summed E-state index contributed by atoms with van der Waals surface area (Å²) in [5.41, 5.74) is 0. The van der Waals surface area contributed by atoms with E-state index in [1.54, 1.807) is 13.8 Å². The molecule has 0 amide bonds. The molecule has 0 aliphatic rings. The minimum Gasteiger partial charge on any atom is -0.411 e. The van der Waals surface area contributed by atoms with E-state index in [-0.39, 0.29) is 5.92 Å². The molecule has 2 atom stereocenters. The lowest BCUT2D eigenvalue weighted by Gasteiger charge is -2.05. The number of hydrogen-bond acceptors (Lipinski definition) is 3. The van der Waals surface area contributed by atoms with Gasteiger partial charge in [0.15, 0.2) is 0 Å². The molecule has 0 aromatic heterocycles. The lowest BCUT2D eigenvalue weighted by Crippen LogP contribution is -2.13. The van der Waals surface area contributed by atoms with Gasteiger partial charge in [-0.2, -0.15) is 0 Å². The van der Waals surface area contributed by atoms with Crippen LogP contribution < -0.4 is 0 Å². The zero-order valence-corrected chi connectivity index (χ0v) is 5.07. The van der Waals surface area contributed by atoms with E-state index in [2.05, 4.69) is 5.16 Å². The predicted octanol–water partition coefficient (Wildman–Crippen LogP) is 0.463. The van der Waals surface area contributed by atoms with E-state index >= 15 is 0 Å². The van der Waals surface area contributed by atoms with Crippen LogP contribution in [0.5, 0.6) is 0 Å². The van der Waals surface area contributed by atoms with Gasteiger partial charge in [0, 0.05) is 12.1 Å². The molecule has 0 aliphatic carbocycles. The van der Waals surface area contributed by atoms with Crippen LogP contribution in [0.25, 0.3) is 0 Å². The molecular formula is C5H11NO2. The standard InChI is InChI=1S/C5H11NO2/c1-4(3-6-8)5(2)7/h3-5,7-8H,1-2H3/b6-3+. The van der Waals surface area contributed by atoms with Crippen molar-refractivity contribution in [2.24, 2.45) is 11.1 Å². The first-order chi connectivity index (χ1) is 3.68.